The molecule has 0 radical (unpaired) electrons. The summed E-state index contributed by atoms with van der Waals surface area (Å²) < 4.78 is 46.1. The van der Waals surface area contributed by atoms with E-state index < -0.39 is 39.6 Å². The number of ether oxygens (including phenoxy) is 3. The highest BCUT2D eigenvalue weighted by atomic mass is 32.2. The van der Waals surface area contributed by atoms with E-state index in [9.17, 15) is 22.8 Å². The second-order valence-electron chi connectivity index (χ2n) is 13.6. The lowest BCUT2D eigenvalue weighted by Gasteiger charge is -2.20. The van der Waals surface area contributed by atoms with E-state index in [1.807, 2.05) is 69.3 Å². The van der Waals surface area contributed by atoms with Crippen LogP contribution in [0.4, 0.5) is 4.79 Å². The average Bonchev–Trinajstić information content (AvgIpc) is 3.60. The molecule has 1 atom stereocenters. The van der Waals surface area contributed by atoms with Gasteiger partial charge in [0.15, 0.2) is 0 Å². The van der Waals surface area contributed by atoms with Crippen molar-refractivity contribution in [2.45, 2.75) is 83.3 Å². The van der Waals surface area contributed by atoms with Crippen LogP contribution in [-0.4, -0.2) is 70.3 Å². The van der Waals surface area contributed by atoms with Crippen LogP contribution in [0, 0.1) is 20.8 Å². The smallest absolute Gasteiger partial charge is 0.407 e. The van der Waals surface area contributed by atoms with Crippen molar-refractivity contribution in [3.8, 4) is 16.9 Å². The molecular weight excluding hydrogens is 687 g/mol. The number of guanidine groups is 1. The summed E-state index contributed by atoms with van der Waals surface area (Å²) in [6.45, 7) is 10.7. The van der Waals surface area contributed by atoms with Crippen LogP contribution >= 0.6 is 0 Å². The third-order valence-electron chi connectivity index (χ3n) is 9.40. The molecule has 14 heteroatoms. The molecule has 0 spiro atoms. The molecule has 0 fully saturated rings. The monoisotopic (exact) mass is 733 g/mol. The largest absolute Gasteiger partial charge is 0.487 e. The maximum atomic E-state index is 13.6. The van der Waals surface area contributed by atoms with Gasteiger partial charge in [0.1, 0.15) is 30.5 Å². The number of carbonyl (C=O) groups is 3. The lowest BCUT2D eigenvalue weighted by atomic mass is 9.94. The number of alkyl carbamates (subject to hydrolysis) is 1. The summed E-state index contributed by atoms with van der Waals surface area (Å²) >= 11 is 0. The fraction of sp³-hybridized carbons (Fsp3) is 0.421. The highest BCUT2D eigenvalue weighted by molar-refractivity contribution is 7.90. The summed E-state index contributed by atoms with van der Waals surface area (Å²) in [5.41, 5.74) is 12.6. The normalized spacial score (nSPS) is 15.1. The molecule has 52 heavy (non-hydrogen) atoms. The molecule has 2 amide bonds. The molecule has 2 aliphatic rings. The fourth-order valence-corrected chi connectivity index (χ4v) is 8.43. The Hall–Kier alpha value is -5.11. The van der Waals surface area contributed by atoms with E-state index in [2.05, 4.69) is 20.3 Å². The van der Waals surface area contributed by atoms with Crippen LogP contribution in [-0.2, 0) is 35.5 Å². The lowest BCUT2D eigenvalue weighted by molar-refractivity contribution is -0.143. The van der Waals surface area contributed by atoms with E-state index in [1.54, 1.807) is 20.8 Å². The van der Waals surface area contributed by atoms with Gasteiger partial charge in [-0.2, -0.15) is 0 Å². The van der Waals surface area contributed by atoms with Gasteiger partial charge >= 0.3 is 12.1 Å². The van der Waals surface area contributed by atoms with E-state index in [1.165, 1.54) is 0 Å². The van der Waals surface area contributed by atoms with Crippen molar-refractivity contribution in [3.05, 3.63) is 81.9 Å². The van der Waals surface area contributed by atoms with Crippen molar-refractivity contribution in [1.29, 1.82) is 0 Å². The molecule has 1 aliphatic heterocycles. The summed E-state index contributed by atoms with van der Waals surface area (Å²) in [5.74, 6) is -1.02. The van der Waals surface area contributed by atoms with Gasteiger partial charge in [-0.15, -0.1) is 0 Å². The van der Waals surface area contributed by atoms with Gasteiger partial charge in [-0.1, -0.05) is 48.5 Å². The number of sulfonamides is 1. The minimum atomic E-state index is -4.10. The van der Waals surface area contributed by atoms with Gasteiger partial charge in [-0.25, -0.2) is 17.9 Å². The van der Waals surface area contributed by atoms with Crippen molar-refractivity contribution in [2.75, 3.05) is 26.3 Å². The molecule has 278 valence electrons. The van der Waals surface area contributed by atoms with Crippen LogP contribution in [0.1, 0.15) is 72.9 Å². The number of benzene rings is 3. The number of fused-ring (bicyclic) bond motifs is 4. The number of amides is 2. The van der Waals surface area contributed by atoms with Crippen LogP contribution in [0.3, 0.4) is 0 Å². The Morgan fingerprint density at radius 2 is 1.62 bits per heavy atom. The minimum absolute atomic E-state index is 0.0333. The van der Waals surface area contributed by atoms with Gasteiger partial charge in [-0.3, -0.25) is 14.6 Å². The summed E-state index contributed by atoms with van der Waals surface area (Å²) in [4.78, 5) is 42.4. The van der Waals surface area contributed by atoms with E-state index in [0.29, 0.717) is 23.3 Å². The first-order valence-electron chi connectivity index (χ1n) is 17.3. The number of carbonyl (C=O) groups excluding carboxylic acids is 3. The number of nitrogens with two attached hydrogens (primary N) is 1. The van der Waals surface area contributed by atoms with Crippen LogP contribution in [0.15, 0.2) is 58.4 Å². The van der Waals surface area contributed by atoms with E-state index in [0.717, 1.165) is 33.4 Å². The first-order chi connectivity index (χ1) is 24.6. The number of hydrogen-bond acceptors (Lipinski definition) is 9. The van der Waals surface area contributed by atoms with Gasteiger partial charge in [0.25, 0.3) is 10.0 Å². The summed E-state index contributed by atoms with van der Waals surface area (Å²) in [6.07, 6.45) is 0.0740. The number of rotatable bonds is 13. The zero-order valence-corrected chi connectivity index (χ0v) is 31.2. The third kappa shape index (κ3) is 8.33. The Bertz CT molecular complexity index is 1960. The molecule has 0 saturated heterocycles. The van der Waals surface area contributed by atoms with Crippen molar-refractivity contribution < 1.29 is 37.0 Å². The molecule has 3 aromatic carbocycles. The summed E-state index contributed by atoms with van der Waals surface area (Å²) in [6, 6.07) is 14.8. The molecule has 1 aliphatic carbocycles. The Kier molecular flexibility index (Phi) is 11.5. The zero-order valence-electron chi connectivity index (χ0n) is 30.4. The van der Waals surface area contributed by atoms with Gasteiger partial charge in [0.2, 0.25) is 11.9 Å². The number of nitrogens with one attached hydrogen (secondary N) is 3. The van der Waals surface area contributed by atoms with Gasteiger partial charge in [-0.05, 0) is 93.3 Å². The average molecular weight is 734 g/mol. The second-order valence-corrected chi connectivity index (χ2v) is 15.2. The minimum Gasteiger partial charge on any atom is -0.487 e. The molecule has 0 unspecified atom stereocenters. The first kappa shape index (κ1) is 38.1. The van der Waals surface area contributed by atoms with E-state index in [4.69, 9.17) is 19.9 Å². The van der Waals surface area contributed by atoms with E-state index in [-0.39, 0.29) is 55.9 Å². The molecule has 5 rings (SSSR count). The van der Waals surface area contributed by atoms with Crippen LogP contribution in [0.25, 0.3) is 11.1 Å². The Labute approximate surface area is 304 Å². The van der Waals surface area contributed by atoms with Crippen LogP contribution in [0.2, 0.25) is 0 Å². The second kappa shape index (κ2) is 15.6. The highest BCUT2D eigenvalue weighted by Crippen LogP contribution is 2.45. The number of esters is 1. The first-order valence-corrected chi connectivity index (χ1v) is 18.8. The molecule has 3 aromatic rings. The molecule has 13 nitrogen and oxygen atoms in total. The van der Waals surface area contributed by atoms with Crippen molar-refractivity contribution >= 4 is 34.0 Å². The van der Waals surface area contributed by atoms with Crippen molar-refractivity contribution in [2.24, 2.45) is 10.7 Å². The number of aliphatic imine (C=N–C) groups is 1. The maximum Gasteiger partial charge on any atom is 0.407 e. The zero-order chi connectivity index (χ0) is 37.8. The summed E-state index contributed by atoms with van der Waals surface area (Å²) in [5, 5.41) is 5.10. The predicted octanol–water partition coefficient (Wildman–Crippen LogP) is 4.29. The molecule has 0 aromatic heterocycles. The maximum absolute atomic E-state index is 13.6. The van der Waals surface area contributed by atoms with Crippen molar-refractivity contribution in [1.82, 2.24) is 15.4 Å². The standard InChI is InChI=1S/C38H47N5O8S/c1-7-49-32(44)20-41-35(45)31(42-37(46)50-21-30-27-15-10-8-13-25(27)26-14-9-11-16-28(26)30)17-12-18-40-36(39)43-52(47,48)34-23(3)22(2)33-29(24(34)4)19-38(5,6)51-33/h8-11,13-16,30-31H,7,12,17-21H2,1-6H3,(H,41,45)(H,42,46)(H3,39,40,43)/t31-/m0/s1. The molecule has 5 N–H and O–H groups in total. The molecule has 1 heterocycles. The topological polar surface area (TPSA) is 188 Å². The van der Waals surface area contributed by atoms with E-state index >= 15 is 0 Å². The third-order valence-corrected chi connectivity index (χ3v) is 11.0. The summed E-state index contributed by atoms with van der Waals surface area (Å²) in [7, 11) is -4.10. The van der Waals surface area contributed by atoms with Gasteiger partial charge in [0.05, 0.1) is 11.5 Å². The fourth-order valence-electron chi connectivity index (χ4n) is 6.91. The molecular formula is C38H47N5O8S. The Balaban J connectivity index is 1.22. The molecule has 0 bridgehead atoms. The number of hydrogen-bond donors (Lipinski definition) is 4. The highest BCUT2D eigenvalue weighted by Gasteiger charge is 2.37. The molecule has 0 saturated carbocycles. The van der Waals surface area contributed by atoms with Crippen LogP contribution in [0.5, 0.6) is 5.75 Å². The van der Waals surface area contributed by atoms with Gasteiger partial charge < -0.3 is 30.6 Å². The van der Waals surface area contributed by atoms with Crippen LogP contribution < -0.4 is 25.8 Å². The number of nitrogens with zero attached hydrogens (tertiary/aromatic N) is 1. The predicted molar refractivity (Wildman–Crippen MR) is 197 cm³/mol. The van der Waals surface area contributed by atoms with Crippen molar-refractivity contribution in [3.63, 3.8) is 0 Å². The quantitative estimate of drug-likeness (QED) is 0.0861. The Morgan fingerprint density at radius 1 is 0.981 bits per heavy atom. The van der Waals surface area contributed by atoms with Gasteiger partial charge in [0, 0.05) is 24.4 Å². The Morgan fingerprint density at radius 3 is 2.25 bits per heavy atom. The SMILES string of the molecule is CCOC(=O)CNC(=O)[C@H](CCCN=C(N)NS(=O)(=O)c1c(C)c(C)c2c(c1C)CC(C)(C)O2)NC(=O)OCC1c2ccccc2-c2ccccc21. The lowest BCUT2D eigenvalue weighted by Crippen LogP contribution is -2.48.